The van der Waals surface area contributed by atoms with E-state index in [-0.39, 0.29) is 13.2 Å². The van der Waals surface area contributed by atoms with E-state index in [0.29, 0.717) is 12.8 Å². The van der Waals surface area contributed by atoms with Gasteiger partial charge in [-0.25, -0.2) is 4.79 Å². The van der Waals surface area contributed by atoms with Crippen molar-refractivity contribution in [3.8, 4) is 0 Å². The first kappa shape index (κ1) is 15.9. The van der Waals surface area contributed by atoms with Gasteiger partial charge in [0.15, 0.2) is 0 Å². The van der Waals surface area contributed by atoms with Gasteiger partial charge in [0.2, 0.25) is 0 Å². The molecule has 0 saturated heterocycles. The van der Waals surface area contributed by atoms with Gasteiger partial charge in [0.1, 0.15) is 13.2 Å². The number of carbonyl (C=O) groups excluding carboxylic acids is 2. The zero-order valence-corrected chi connectivity index (χ0v) is 11.3. The molecule has 0 aliphatic heterocycles. The molecule has 2 unspecified atom stereocenters. The molecule has 0 saturated carbocycles. The van der Waals surface area contributed by atoms with Gasteiger partial charge in [0.25, 0.3) is 0 Å². The van der Waals surface area contributed by atoms with Crippen LogP contribution in [0.1, 0.15) is 19.8 Å². The van der Waals surface area contributed by atoms with Crippen molar-refractivity contribution in [3.05, 3.63) is 24.8 Å². The molecule has 0 amide bonds. The third-order valence-corrected chi connectivity index (χ3v) is 3.31. The number of allylic oxidation sites excluding steroid dienone is 1. The minimum Gasteiger partial charge on any atom is -0.481 e. The largest absolute Gasteiger partial charge is 0.481 e. The molecule has 0 aromatic carbocycles. The second-order valence-corrected chi connectivity index (χ2v) is 4.71. The van der Waals surface area contributed by atoms with Gasteiger partial charge in [-0.05, 0) is 19.8 Å². The predicted molar refractivity (Wildman–Crippen MR) is 69.7 cm³/mol. The molecule has 1 N–H and O–H groups in total. The van der Waals surface area contributed by atoms with Crippen molar-refractivity contribution in [2.45, 2.75) is 19.8 Å². The monoisotopic (exact) mass is 282 g/mol. The molecular formula is C14H18O6. The zero-order chi connectivity index (χ0) is 15.2. The standard InChI is InChI=1S/C14H18O6/c1-3-11(15)19-8-9-20-13(18)14(2)7-5-4-6-10(14)12(16)17/h3-4,6,10H,1,5,7-9H2,2H3,(H,16,17). The van der Waals surface area contributed by atoms with Crippen LogP contribution in [-0.2, 0) is 23.9 Å². The fraction of sp³-hybridized carbons (Fsp3) is 0.500. The van der Waals surface area contributed by atoms with Gasteiger partial charge in [-0.15, -0.1) is 0 Å². The molecule has 0 aromatic heterocycles. The van der Waals surface area contributed by atoms with Crippen molar-refractivity contribution >= 4 is 17.9 Å². The van der Waals surface area contributed by atoms with Crippen molar-refractivity contribution < 1.29 is 29.0 Å². The quantitative estimate of drug-likeness (QED) is 0.342. The molecular weight excluding hydrogens is 264 g/mol. The average molecular weight is 282 g/mol. The zero-order valence-electron chi connectivity index (χ0n) is 11.3. The molecule has 6 heteroatoms. The minimum absolute atomic E-state index is 0.0831. The van der Waals surface area contributed by atoms with Crippen LogP contribution in [0.2, 0.25) is 0 Å². The first-order valence-corrected chi connectivity index (χ1v) is 6.27. The Labute approximate surface area is 117 Å². The van der Waals surface area contributed by atoms with Crippen LogP contribution >= 0.6 is 0 Å². The van der Waals surface area contributed by atoms with E-state index in [1.54, 1.807) is 13.0 Å². The Kier molecular flexibility index (Phi) is 5.49. The summed E-state index contributed by atoms with van der Waals surface area (Å²) in [7, 11) is 0. The highest BCUT2D eigenvalue weighted by Gasteiger charge is 2.46. The van der Waals surface area contributed by atoms with Gasteiger partial charge < -0.3 is 14.6 Å². The van der Waals surface area contributed by atoms with E-state index in [1.165, 1.54) is 6.08 Å². The number of esters is 2. The minimum atomic E-state index is -1.09. The Morgan fingerprint density at radius 3 is 2.65 bits per heavy atom. The summed E-state index contributed by atoms with van der Waals surface area (Å²) < 4.78 is 9.68. The first-order chi connectivity index (χ1) is 9.41. The SMILES string of the molecule is C=CC(=O)OCCOC(=O)C1(C)CCC=CC1C(=O)O. The van der Waals surface area contributed by atoms with Crippen LogP contribution in [0.3, 0.4) is 0 Å². The highest BCUT2D eigenvalue weighted by molar-refractivity contribution is 5.86. The number of carboxylic acids is 1. The number of rotatable bonds is 6. The number of hydrogen-bond acceptors (Lipinski definition) is 5. The van der Waals surface area contributed by atoms with Gasteiger partial charge >= 0.3 is 17.9 Å². The molecule has 0 radical (unpaired) electrons. The summed E-state index contributed by atoms with van der Waals surface area (Å²) in [6.45, 7) is 4.62. The third kappa shape index (κ3) is 3.69. The van der Waals surface area contributed by atoms with Gasteiger partial charge in [-0.2, -0.15) is 0 Å². The summed E-state index contributed by atoms with van der Waals surface area (Å²) in [6, 6.07) is 0. The number of carboxylic acid groups (broad SMARTS) is 1. The topological polar surface area (TPSA) is 89.9 Å². The highest BCUT2D eigenvalue weighted by atomic mass is 16.6. The smallest absolute Gasteiger partial charge is 0.330 e. The first-order valence-electron chi connectivity index (χ1n) is 6.27. The molecule has 1 aliphatic carbocycles. The number of aliphatic carboxylic acids is 1. The molecule has 2 atom stereocenters. The van der Waals surface area contributed by atoms with Crippen molar-refractivity contribution in [1.29, 1.82) is 0 Å². The molecule has 0 spiro atoms. The van der Waals surface area contributed by atoms with E-state index in [1.807, 2.05) is 0 Å². The lowest BCUT2D eigenvalue weighted by Crippen LogP contribution is -2.42. The van der Waals surface area contributed by atoms with Crippen molar-refractivity contribution in [2.24, 2.45) is 11.3 Å². The van der Waals surface area contributed by atoms with E-state index in [9.17, 15) is 14.4 Å². The Morgan fingerprint density at radius 2 is 2.05 bits per heavy atom. The highest BCUT2D eigenvalue weighted by Crippen LogP contribution is 2.38. The van der Waals surface area contributed by atoms with Crippen LogP contribution in [0.5, 0.6) is 0 Å². The van der Waals surface area contributed by atoms with Crippen LogP contribution < -0.4 is 0 Å². The molecule has 20 heavy (non-hydrogen) atoms. The van der Waals surface area contributed by atoms with E-state index >= 15 is 0 Å². The fourth-order valence-electron chi connectivity index (χ4n) is 2.07. The lowest BCUT2D eigenvalue weighted by Gasteiger charge is -2.33. The van der Waals surface area contributed by atoms with Crippen molar-refractivity contribution in [1.82, 2.24) is 0 Å². The molecule has 0 bridgehead atoms. The van der Waals surface area contributed by atoms with Crippen LogP contribution in [0, 0.1) is 11.3 Å². The molecule has 0 heterocycles. The maximum Gasteiger partial charge on any atom is 0.330 e. The second-order valence-electron chi connectivity index (χ2n) is 4.71. The number of carbonyl (C=O) groups is 3. The molecule has 0 fully saturated rings. The Balaban J connectivity index is 2.56. The summed E-state index contributed by atoms with van der Waals surface area (Å²) >= 11 is 0. The number of ether oxygens (including phenoxy) is 2. The van der Waals surface area contributed by atoms with Crippen LogP contribution in [0.15, 0.2) is 24.8 Å². The van der Waals surface area contributed by atoms with E-state index < -0.39 is 29.2 Å². The Bertz CT molecular complexity index is 439. The van der Waals surface area contributed by atoms with Crippen LogP contribution in [0.25, 0.3) is 0 Å². The summed E-state index contributed by atoms with van der Waals surface area (Å²) in [5.74, 6) is -3.15. The van der Waals surface area contributed by atoms with Crippen molar-refractivity contribution in [2.75, 3.05) is 13.2 Å². The summed E-state index contributed by atoms with van der Waals surface area (Å²) in [6.07, 6.45) is 5.31. The summed E-state index contributed by atoms with van der Waals surface area (Å²) in [5, 5.41) is 9.16. The molecule has 6 nitrogen and oxygen atoms in total. The third-order valence-electron chi connectivity index (χ3n) is 3.31. The van der Waals surface area contributed by atoms with Crippen molar-refractivity contribution in [3.63, 3.8) is 0 Å². The second kappa shape index (κ2) is 6.88. The van der Waals surface area contributed by atoms with Gasteiger partial charge in [0, 0.05) is 6.08 Å². The Hall–Kier alpha value is -2.11. The summed E-state index contributed by atoms with van der Waals surface area (Å²) in [5.41, 5.74) is -1.09. The van der Waals surface area contributed by atoms with Crippen LogP contribution in [-0.4, -0.2) is 36.2 Å². The van der Waals surface area contributed by atoms with E-state index in [2.05, 4.69) is 11.3 Å². The number of hydrogen-bond donors (Lipinski definition) is 1. The molecule has 110 valence electrons. The Morgan fingerprint density at radius 1 is 1.40 bits per heavy atom. The van der Waals surface area contributed by atoms with Gasteiger partial charge in [-0.1, -0.05) is 18.7 Å². The van der Waals surface area contributed by atoms with Gasteiger partial charge in [0.05, 0.1) is 11.3 Å². The lowest BCUT2D eigenvalue weighted by atomic mass is 9.70. The van der Waals surface area contributed by atoms with E-state index in [0.717, 1.165) is 6.08 Å². The molecule has 0 aromatic rings. The normalized spacial score (nSPS) is 24.8. The lowest BCUT2D eigenvalue weighted by molar-refractivity contribution is -0.166. The maximum absolute atomic E-state index is 12.1. The van der Waals surface area contributed by atoms with Crippen LogP contribution in [0.4, 0.5) is 0 Å². The predicted octanol–water partition coefficient (Wildman–Crippen LogP) is 1.32. The summed E-state index contributed by atoms with van der Waals surface area (Å²) in [4.78, 5) is 34.1. The maximum atomic E-state index is 12.1. The average Bonchev–Trinajstić information content (AvgIpc) is 2.43. The van der Waals surface area contributed by atoms with E-state index in [4.69, 9.17) is 9.84 Å². The van der Waals surface area contributed by atoms with Gasteiger partial charge in [-0.3, -0.25) is 9.59 Å². The molecule has 1 rings (SSSR count). The fourth-order valence-corrected chi connectivity index (χ4v) is 2.07. The molecule has 1 aliphatic rings.